The Morgan fingerprint density at radius 1 is 0.463 bits per heavy atom. The van der Waals surface area contributed by atoms with Crippen LogP contribution < -0.4 is 5.32 Å². The predicted molar refractivity (Wildman–Crippen MR) is 284 cm³/mol. The molecule has 0 aliphatic rings. The summed E-state index contributed by atoms with van der Waals surface area (Å²) in [6.07, 6.45) is 67.0. The zero-order chi connectivity index (χ0) is 48.8. The van der Waals surface area contributed by atoms with Crippen LogP contribution in [-0.4, -0.2) is 54.3 Å². The van der Waals surface area contributed by atoms with Crippen LogP contribution in [0, 0.1) is 0 Å². The summed E-state index contributed by atoms with van der Waals surface area (Å²) in [7, 11) is -4.43. The molecule has 0 aromatic carbocycles. The van der Waals surface area contributed by atoms with Gasteiger partial charge in [0.05, 0.1) is 13.2 Å². The molecular formula is C57H102NO8P. The molecule has 0 bridgehead atoms. The average molecular weight is 960 g/mol. The van der Waals surface area contributed by atoms with Gasteiger partial charge in [0, 0.05) is 19.4 Å². The van der Waals surface area contributed by atoms with Crippen molar-refractivity contribution in [1.29, 1.82) is 0 Å². The molecule has 1 amide bonds. The molecular weight excluding hydrogens is 858 g/mol. The molecule has 67 heavy (non-hydrogen) atoms. The zero-order valence-corrected chi connectivity index (χ0v) is 44.0. The van der Waals surface area contributed by atoms with Crippen LogP contribution in [-0.2, 0) is 27.9 Å². The standard InChI is InChI=1S/C57H102NO8P/c1-3-5-7-9-11-13-15-17-19-21-23-25-27-29-31-33-35-37-39-41-43-45-47-49-56(60)58-51-52-65-67(62,63)66-54-55(59)53-64-57(61)50-48-46-44-42-40-38-36-34-32-30-28-26-24-22-20-18-16-14-12-10-8-6-4-2/h11-14,17-20,24,26,30,32,55,59H,3-10,15-16,21-23,25,27-29,31,33-54H2,1-2H3,(H,58,60)(H,62,63)/b13-11-,14-12-,19-17-,20-18-,26-24-,32-30-. The first-order valence-electron chi connectivity index (χ1n) is 27.4. The van der Waals surface area contributed by atoms with Gasteiger partial charge in [0.2, 0.25) is 5.91 Å². The lowest BCUT2D eigenvalue weighted by molar-refractivity contribution is -0.147. The Bertz CT molecular complexity index is 1320. The second-order valence-corrected chi connectivity index (χ2v) is 19.6. The number of carbonyl (C=O) groups is 2. The summed E-state index contributed by atoms with van der Waals surface area (Å²) in [5, 5.41) is 12.8. The highest BCUT2D eigenvalue weighted by atomic mass is 31.2. The van der Waals surface area contributed by atoms with Crippen molar-refractivity contribution < 1.29 is 37.9 Å². The van der Waals surface area contributed by atoms with Crippen molar-refractivity contribution >= 4 is 19.7 Å². The van der Waals surface area contributed by atoms with E-state index in [1.165, 1.54) is 141 Å². The maximum atomic E-state index is 12.2. The fraction of sp³-hybridized carbons (Fsp3) is 0.754. The van der Waals surface area contributed by atoms with E-state index in [0.717, 1.165) is 77.0 Å². The van der Waals surface area contributed by atoms with Gasteiger partial charge in [-0.3, -0.25) is 18.6 Å². The number of phosphoric acid groups is 1. The van der Waals surface area contributed by atoms with Crippen LogP contribution in [0.15, 0.2) is 72.9 Å². The summed E-state index contributed by atoms with van der Waals surface area (Å²) in [4.78, 5) is 34.1. The summed E-state index contributed by atoms with van der Waals surface area (Å²) in [5.41, 5.74) is 0. The van der Waals surface area contributed by atoms with Crippen molar-refractivity contribution in [1.82, 2.24) is 5.32 Å². The van der Waals surface area contributed by atoms with Gasteiger partial charge in [-0.2, -0.15) is 0 Å². The van der Waals surface area contributed by atoms with E-state index in [1.807, 2.05) is 0 Å². The topological polar surface area (TPSA) is 131 Å². The third-order valence-corrected chi connectivity index (χ3v) is 12.6. The van der Waals surface area contributed by atoms with Crippen molar-refractivity contribution in [3.8, 4) is 0 Å². The summed E-state index contributed by atoms with van der Waals surface area (Å²) in [6.45, 7) is 3.51. The van der Waals surface area contributed by atoms with Crippen LogP contribution in [0.25, 0.3) is 0 Å². The zero-order valence-electron chi connectivity index (χ0n) is 43.1. The van der Waals surface area contributed by atoms with Crippen LogP contribution in [0.4, 0.5) is 0 Å². The van der Waals surface area contributed by atoms with E-state index < -0.39 is 26.5 Å². The fourth-order valence-electron chi connectivity index (χ4n) is 7.45. The van der Waals surface area contributed by atoms with Gasteiger partial charge in [-0.25, -0.2) is 4.57 Å². The van der Waals surface area contributed by atoms with E-state index >= 15 is 0 Å². The molecule has 2 unspecified atom stereocenters. The van der Waals surface area contributed by atoms with E-state index in [2.05, 4.69) is 92.1 Å². The number of aliphatic hydroxyl groups excluding tert-OH is 1. The van der Waals surface area contributed by atoms with Gasteiger partial charge in [0.25, 0.3) is 0 Å². The van der Waals surface area contributed by atoms with Crippen molar-refractivity contribution in [3.05, 3.63) is 72.9 Å². The van der Waals surface area contributed by atoms with Crippen molar-refractivity contribution in [2.75, 3.05) is 26.4 Å². The molecule has 0 radical (unpaired) electrons. The van der Waals surface area contributed by atoms with E-state index in [0.29, 0.717) is 6.42 Å². The Balaban J connectivity index is 3.57. The van der Waals surface area contributed by atoms with Crippen LogP contribution in [0.5, 0.6) is 0 Å². The Kier molecular flexibility index (Phi) is 50.8. The van der Waals surface area contributed by atoms with E-state index in [-0.39, 0.29) is 32.1 Å². The number of rotatable bonds is 51. The molecule has 0 fully saturated rings. The molecule has 9 nitrogen and oxygen atoms in total. The number of ether oxygens (including phenoxy) is 1. The van der Waals surface area contributed by atoms with E-state index in [1.54, 1.807) is 0 Å². The Morgan fingerprint density at radius 2 is 0.806 bits per heavy atom. The second-order valence-electron chi connectivity index (χ2n) is 18.2. The number of esters is 1. The number of aliphatic hydroxyl groups is 1. The minimum Gasteiger partial charge on any atom is -0.463 e. The molecule has 0 saturated carbocycles. The van der Waals surface area contributed by atoms with Crippen LogP contribution in [0.1, 0.15) is 245 Å². The average Bonchev–Trinajstić information content (AvgIpc) is 3.32. The fourth-order valence-corrected chi connectivity index (χ4v) is 8.21. The van der Waals surface area contributed by atoms with Crippen LogP contribution in [0.2, 0.25) is 0 Å². The molecule has 0 aliphatic carbocycles. The summed E-state index contributed by atoms with van der Waals surface area (Å²) >= 11 is 0. The Morgan fingerprint density at radius 3 is 1.21 bits per heavy atom. The minimum absolute atomic E-state index is 0.0778. The molecule has 3 N–H and O–H groups in total. The number of unbranched alkanes of at least 4 members (excludes halogenated alkanes) is 26. The van der Waals surface area contributed by atoms with Gasteiger partial charge in [-0.15, -0.1) is 0 Å². The molecule has 0 spiro atoms. The van der Waals surface area contributed by atoms with Crippen molar-refractivity contribution in [3.63, 3.8) is 0 Å². The number of amides is 1. The Hall–Kier alpha value is -2.55. The summed E-state index contributed by atoms with van der Waals surface area (Å²) < 4.78 is 27.0. The van der Waals surface area contributed by atoms with Crippen LogP contribution in [0.3, 0.4) is 0 Å². The first-order chi connectivity index (χ1) is 32.8. The summed E-state index contributed by atoms with van der Waals surface area (Å²) in [6, 6.07) is 0. The number of nitrogens with one attached hydrogen (secondary N) is 1. The monoisotopic (exact) mass is 960 g/mol. The number of hydrogen-bond donors (Lipinski definition) is 3. The molecule has 2 atom stereocenters. The number of carbonyl (C=O) groups excluding carboxylic acids is 2. The first kappa shape index (κ1) is 64.5. The van der Waals surface area contributed by atoms with E-state index in [9.17, 15) is 24.2 Å². The highest BCUT2D eigenvalue weighted by molar-refractivity contribution is 7.47. The number of phosphoric ester groups is 1. The molecule has 10 heteroatoms. The van der Waals surface area contributed by atoms with Gasteiger partial charge < -0.3 is 20.1 Å². The maximum absolute atomic E-state index is 12.2. The van der Waals surface area contributed by atoms with Gasteiger partial charge in [0.15, 0.2) is 0 Å². The SMILES string of the molecule is CCCCC/C=C\C/C=C\C/C=C\C/C=C\CCCCCCCCCC(=O)OCC(O)COP(=O)(O)OCCNC(=O)CCCCCCCCCCCCCCC/C=C\C/C=C\CCCCC. The third kappa shape index (κ3) is 54.3. The van der Waals surface area contributed by atoms with Gasteiger partial charge in [-0.1, -0.05) is 215 Å². The highest BCUT2D eigenvalue weighted by Gasteiger charge is 2.23. The van der Waals surface area contributed by atoms with Crippen molar-refractivity contribution in [2.45, 2.75) is 251 Å². The molecule has 0 aromatic heterocycles. The Labute approximate surface area is 411 Å². The van der Waals surface area contributed by atoms with Crippen molar-refractivity contribution in [2.24, 2.45) is 0 Å². The normalized spacial score (nSPS) is 13.7. The molecule has 0 aromatic rings. The molecule has 0 saturated heterocycles. The third-order valence-electron chi connectivity index (χ3n) is 11.6. The smallest absolute Gasteiger partial charge is 0.463 e. The largest absolute Gasteiger partial charge is 0.472 e. The molecule has 0 rings (SSSR count). The highest BCUT2D eigenvalue weighted by Crippen LogP contribution is 2.42. The lowest BCUT2D eigenvalue weighted by Gasteiger charge is -2.15. The maximum Gasteiger partial charge on any atom is 0.472 e. The lowest BCUT2D eigenvalue weighted by atomic mass is 10.0. The van der Waals surface area contributed by atoms with E-state index in [4.69, 9.17) is 13.8 Å². The summed E-state index contributed by atoms with van der Waals surface area (Å²) in [5.74, 6) is -0.526. The molecule has 0 aliphatic heterocycles. The molecule has 0 heterocycles. The lowest BCUT2D eigenvalue weighted by Crippen LogP contribution is -2.27. The van der Waals surface area contributed by atoms with Crippen LogP contribution >= 0.6 is 7.82 Å². The quantitative estimate of drug-likeness (QED) is 0.0238. The second kappa shape index (κ2) is 52.8. The first-order valence-corrected chi connectivity index (χ1v) is 28.9. The van der Waals surface area contributed by atoms with Gasteiger partial charge in [0.1, 0.15) is 12.7 Å². The van der Waals surface area contributed by atoms with Gasteiger partial charge >= 0.3 is 13.8 Å². The minimum atomic E-state index is -4.43. The van der Waals surface area contributed by atoms with Gasteiger partial charge in [-0.05, 0) is 89.9 Å². The predicted octanol–water partition coefficient (Wildman–Crippen LogP) is 16.6. The number of allylic oxidation sites excluding steroid dienone is 12. The number of hydrogen-bond acceptors (Lipinski definition) is 7. The molecule has 388 valence electrons.